The first kappa shape index (κ1) is 17.4. The third kappa shape index (κ3) is 5.31. The molecular formula is C17H27NO3. The molecule has 0 fully saturated rings. The fraction of sp³-hybridized carbons (Fsp3) is 0.529. The number of nitrogens with one attached hydrogen (secondary N) is 1. The first-order valence-electron chi connectivity index (χ1n) is 7.41. The molecule has 0 heterocycles. The predicted octanol–water partition coefficient (Wildman–Crippen LogP) is 3.49. The molecule has 0 aliphatic carbocycles. The first-order valence-corrected chi connectivity index (χ1v) is 7.41. The number of allylic oxidation sites excluding steroid dienone is 1. The summed E-state index contributed by atoms with van der Waals surface area (Å²) in [5.41, 5.74) is 0.926. The molecular weight excluding hydrogens is 266 g/mol. The van der Waals surface area contributed by atoms with E-state index in [2.05, 4.69) is 18.8 Å². The number of aromatic hydroxyl groups is 1. The van der Waals surface area contributed by atoms with Gasteiger partial charge in [0.05, 0.1) is 19.8 Å². The van der Waals surface area contributed by atoms with E-state index < -0.39 is 0 Å². The van der Waals surface area contributed by atoms with Crippen LogP contribution in [-0.2, 0) is 6.54 Å². The van der Waals surface area contributed by atoms with Crippen LogP contribution in [0.3, 0.4) is 0 Å². The van der Waals surface area contributed by atoms with Crippen LogP contribution in [0.2, 0.25) is 0 Å². The van der Waals surface area contributed by atoms with Gasteiger partial charge in [-0.1, -0.05) is 19.4 Å². The molecule has 0 saturated heterocycles. The normalized spacial score (nSPS) is 12.0. The van der Waals surface area contributed by atoms with Crippen molar-refractivity contribution in [1.82, 2.24) is 5.32 Å². The Balaban J connectivity index is 2.60. The summed E-state index contributed by atoms with van der Waals surface area (Å²) in [7, 11) is 3.18. The van der Waals surface area contributed by atoms with E-state index in [1.165, 1.54) is 6.42 Å². The molecule has 0 aromatic heterocycles. The third-order valence-corrected chi connectivity index (χ3v) is 3.70. The first-order chi connectivity index (χ1) is 10.2. The SMILES string of the molecule is C=CCC(CC)CCNCc1c(OC)cc(O)cc1OC. The van der Waals surface area contributed by atoms with Gasteiger partial charge in [-0.3, -0.25) is 0 Å². The van der Waals surface area contributed by atoms with Crippen LogP contribution in [0.4, 0.5) is 0 Å². The van der Waals surface area contributed by atoms with Gasteiger partial charge in [-0.25, -0.2) is 0 Å². The largest absolute Gasteiger partial charge is 0.508 e. The Morgan fingerprint density at radius 2 is 1.90 bits per heavy atom. The molecule has 0 aliphatic rings. The van der Waals surface area contributed by atoms with Crippen molar-refractivity contribution in [3.05, 3.63) is 30.4 Å². The summed E-state index contributed by atoms with van der Waals surface area (Å²) >= 11 is 0. The summed E-state index contributed by atoms with van der Waals surface area (Å²) in [4.78, 5) is 0. The fourth-order valence-corrected chi connectivity index (χ4v) is 2.39. The number of methoxy groups -OCH3 is 2. The van der Waals surface area contributed by atoms with Gasteiger partial charge in [0.2, 0.25) is 0 Å². The molecule has 21 heavy (non-hydrogen) atoms. The molecule has 1 aromatic rings. The van der Waals surface area contributed by atoms with Crippen molar-refractivity contribution >= 4 is 0 Å². The molecule has 1 rings (SSSR count). The number of rotatable bonds is 10. The average Bonchev–Trinajstić information content (AvgIpc) is 2.50. The van der Waals surface area contributed by atoms with Crippen LogP contribution in [0.1, 0.15) is 31.7 Å². The maximum Gasteiger partial charge on any atom is 0.130 e. The second-order valence-corrected chi connectivity index (χ2v) is 5.09. The van der Waals surface area contributed by atoms with E-state index in [1.807, 2.05) is 6.08 Å². The Morgan fingerprint density at radius 3 is 2.38 bits per heavy atom. The van der Waals surface area contributed by atoms with Crippen LogP contribution < -0.4 is 14.8 Å². The van der Waals surface area contributed by atoms with Crippen LogP contribution >= 0.6 is 0 Å². The molecule has 0 saturated carbocycles. The van der Waals surface area contributed by atoms with Gasteiger partial charge in [0, 0.05) is 18.7 Å². The maximum atomic E-state index is 9.63. The lowest BCUT2D eigenvalue weighted by Gasteiger charge is -2.16. The van der Waals surface area contributed by atoms with Gasteiger partial charge in [0.25, 0.3) is 0 Å². The summed E-state index contributed by atoms with van der Waals surface area (Å²) in [5, 5.41) is 13.0. The Labute approximate surface area is 127 Å². The predicted molar refractivity (Wildman–Crippen MR) is 86.1 cm³/mol. The van der Waals surface area contributed by atoms with Crippen molar-refractivity contribution in [3.8, 4) is 17.2 Å². The lowest BCUT2D eigenvalue weighted by atomic mass is 9.98. The second kappa shape index (κ2) is 9.29. The quantitative estimate of drug-likeness (QED) is 0.512. The highest BCUT2D eigenvalue weighted by molar-refractivity contribution is 5.50. The highest BCUT2D eigenvalue weighted by Crippen LogP contribution is 2.33. The molecule has 0 bridgehead atoms. The maximum absolute atomic E-state index is 9.63. The summed E-state index contributed by atoms with van der Waals surface area (Å²) in [6.07, 6.45) is 5.33. The highest BCUT2D eigenvalue weighted by atomic mass is 16.5. The van der Waals surface area contributed by atoms with E-state index in [1.54, 1.807) is 26.4 Å². The van der Waals surface area contributed by atoms with E-state index in [0.717, 1.165) is 24.9 Å². The van der Waals surface area contributed by atoms with E-state index in [4.69, 9.17) is 9.47 Å². The van der Waals surface area contributed by atoms with Crippen LogP contribution in [0, 0.1) is 5.92 Å². The van der Waals surface area contributed by atoms with Crippen LogP contribution in [-0.4, -0.2) is 25.9 Å². The van der Waals surface area contributed by atoms with Crippen LogP contribution in [0.15, 0.2) is 24.8 Å². The van der Waals surface area contributed by atoms with E-state index in [0.29, 0.717) is 24.0 Å². The molecule has 0 amide bonds. The minimum atomic E-state index is 0.143. The standard InChI is InChI=1S/C17H27NO3/c1-5-7-13(6-2)8-9-18-12-15-16(20-3)10-14(19)11-17(15)21-4/h5,10-11,13,18-19H,1,6-9,12H2,2-4H3. The smallest absolute Gasteiger partial charge is 0.130 e. The molecule has 118 valence electrons. The number of benzene rings is 1. The van der Waals surface area contributed by atoms with E-state index in [-0.39, 0.29) is 5.75 Å². The molecule has 2 N–H and O–H groups in total. The highest BCUT2D eigenvalue weighted by Gasteiger charge is 2.12. The zero-order valence-electron chi connectivity index (χ0n) is 13.3. The van der Waals surface area contributed by atoms with Gasteiger partial charge in [-0.2, -0.15) is 0 Å². The summed E-state index contributed by atoms with van der Waals surface area (Å²) in [6, 6.07) is 3.21. The lowest BCUT2D eigenvalue weighted by molar-refractivity contribution is 0.372. The number of ether oxygens (including phenoxy) is 2. The zero-order valence-corrected chi connectivity index (χ0v) is 13.3. The number of phenols is 1. The Bertz CT molecular complexity index is 421. The molecule has 4 nitrogen and oxygen atoms in total. The molecule has 0 radical (unpaired) electrons. The molecule has 0 spiro atoms. The van der Waals surface area contributed by atoms with Crippen molar-refractivity contribution in [2.45, 2.75) is 32.7 Å². The van der Waals surface area contributed by atoms with Gasteiger partial charge in [-0.05, 0) is 25.3 Å². The van der Waals surface area contributed by atoms with Crippen molar-refractivity contribution in [2.75, 3.05) is 20.8 Å². The second-order valence-electron chi connectivity index (χ2n) is 5.09. The van der Waals surface area contributed by atoms with Crippen LogP contribution in [0.25, 0.3) is 0 Å². The average molecular weight is 293 g/mol. The summed E-state index contributed by atoms with van der Waals surface area (Å²) < 4.78 is 10.6. The Morgan fingerprint density at radius 1 is 1.29 bits per heavy atom. The number of phenolic OH excluding ortho intramolecular Hbond substituents is 1. The van der Waals surface area contributed by atoms with Crippen molar-refractivity contribution in [3.63, 3.8) is 0 Å². The number of hydrogen-bond donors (Lipinski definition) is 2. The van der Waals surface area contributed by atoms with Crippen molar-refractivity contribution in [2.24, 2.45) is 5.92 Å². The minimum absolute atomic E-state index is 0.143. The van der Waals surface area contributed by atoms with Gasteiger partial charge in [0.15, 0.2) is 0 Å². The van der Waals surface area contributed by atoms with Gasteiger partial charge in [0.1, 0.15) is 17.2 Å². The van der Waals surface area contributed by atoms with Gasteiger partial charge >= 0.3 is 0 Å². The van der Waals surface area contributed by atoms with E-state index in [9.17, 15) is 5.11 Å². The van der Waals surface area contributed by atoms with Crippen LogP contribution in [0.5, 0.6) is 17.2 Å². The monoisotopic (exact) mass is 293 g/mol. The van der Waals surface area contributed by atoms with Gasteiger partial charge < -0.3 is 19.9 Å². The third-order valence-electron chi connectivity index (χ3n) is 3.70. The summed E-state index contributed by atoms with van der Waals surface area (Å²) in [5.74, 6) is 2.10. The topological polar surface area (TPSA) is 50.7 Å². The number of hydrogen-bond acceptors (Lipinski definition) is 4. The minimum Gasteiger partial charge on any atom is -0.508 e. The van der Waals surface area contributed by atoms with Crippen molar-refractivity contribution < 1.29 is 14.6 Å². The lowest BCUT2D eigenvalue weighted by Crippen LogP contribution is -2.18. The Kier molecular flexibility index (Phi) is 7.69. The zero-order chi connectivity index (χ0) is 15.7. The molecule has 4 heteroatoms. The Hall–Kier alpha value is -1.68. The summed E-state index contributed by atoms with van der Waals surface area (Å²) in [6.45, 7) is 7.59. The van der Waals surface area contributed by atoms with Crippen molar-refractivity contribution in [1.29, 1.82) is 0 Å². The van der Waals surface area contributed by atoms with E-state index >= 15 is 0 Å². The molecule has 1 atom stereocenters. The molecule has 0 aliphatic heterocycles. The van der Waals surface area contributed by atoms with Gasteiger partial charge in [-0.15, -0.1) is 6.58 Å². The molecule has 1 aromatic carbocycles. The molecule has 1 unspecified atom stereocenters. The fourth-order valence-electron chi connectivity index (χ4n) is 2.39.